The summed E-state index contributed by atoms with van der Waals surface area (Å²) in [5.41, 5.74) is 2.36. The van der Waals surface area contributed by atoms with Crippen molar-refractivity contribution in [3.05, 3.63) is 59.2 Å². The number of amides is 1. The Balaban J connectivity index is 1.60. The van der Waals surface area contributed by atoms with Crippen LogP contribution in [0, 0.1) is 47.5 Å². The summed E-state index contributed by atoms with van der Waals surface area (Å²) < 4.78 is 40.3. The molecule has 3 heterocycles. The van der Waals surface area contributed by atoms with Gasteiger partial charge in [0.15, 0.2) is 23.3 Å². The number of H-pyrrole nitrogens is 1. The van der Waals surface area contributed by atoms with Crippen molar-refractivity contribution in [3.63, 3.8) is 0 Å². The molecular formula is C20H15F3N6O. The molecule has 0 aliphatic carbocycles. The molecule has 2 atom stereocenters. The Hall–Kier alpha value is -3.74. The predicted molar refractivity (Wildman–Crippen MR) is 99.3 cm³/mol. The van der Waals surface area contributed by atoms with Gasteiger partial charge < -0.3 is 0 Å². The first-order valence-electron chi connectivity index (χ1n) is 9.06. The van der Waals surface area contributed by atoms with Gasteiger partial charge in [0.05, 0.1) is 36.0 Å². The fourth-order valence-electron chi connectivity index (χ4n) is 3.58. The molecule has 2 unspecified atom stereocenters. The van der Waals surface area contributed by atoms with Crippen LogP contribution in [0.15, 0.2) is 30.6 Å². The predicted octanol–water partition coefficient (Wildman–Crippen LogP) is 2.94. The van der Waals surface area contributed by atoms with E-state index in [-0.39, 0.29) is 18.5 Å². The monoisotopic (exact) mass is 412 g/mol. The molecule has 2 aromatic heterocycles. The Kier molecular flexibility index (Phi) is 4.95. The van der Waals surface area contributed by atoms with Crippen molar-refractivity contribution in [2.24, 2.45) is 11.8 Å². The van der Waals surface area contributed by atoms with E-state index in [1.165, 1.54) is 4.90 Å². The van der Waals surface area contributed by atoms with Gasteiger partial charge in [0.1, 0.15) is 0 Å². The summed E-state index contributed by atoms with van der Waals surface area (Å²) in [6, 6.07) is 5.42. The molecule has 0 saturated carbocycles. The van der Waals surface area contributed by atoms with Gasteiger partial charge >= 0.3 is 0 Å². The van der Waals surface area contributed by atoms with Crippen molar-refractivity contribution in [1.82, 2.24) is 20.4 Å². The number of carbonyl (C=O) groups excluding carboxylic acids is 1. The van der Waals surface area contributed by atoms with Gasteiger partial charge in [-0.05, 0) is 36.6 Å². The lowest BCUT2D eigenvalue weighted by Crippen LogP contribution is -2.28. The molecule has 1 amide bonds. The van der Waals surface area contributed by atoms with Crippen LogP contribution in [0.4, 0.5) is 19.0 Å². The quantitative estimate of drug-likeness (QED) is 0.665. The molecule has 7 nitrogen and oxygen atoms in total. The number of hydrogen-bond donors (Lipinski definition) is 1. The second-order valence-corrected chi connectivity index (χ2v) is 7.09. The van der Waals surface area contributed by atoms with E-state index in [2.05, 4.69) is 26.5 Å². The lowest BCUT2D eigenvalue weighted by atomic mass is 9.90. The molecular weight excluding hydrogens is 397 g/mol. The average molecular weight is 412 g/mol. The van der Waals surface area contributed by atoms with Gasteiger partial charge in [-0.1, -0.05) is 0 Å². The highest BCUT2D eigenvalue weighted by Gasteiger charge is 2.42. The van der Waals surface area contributed by atoms with Crippen molar-refractivity contribution < 1.29 is 18.0 Å². The minimum absolute atomic E-state index is 0.0873. The highest BCUT2D eigenvalue weighted by molar-refractivity contribution is 5.97. The van der Waals surface area contributed by atoms with E-state index in [0.29, 0.717) is 11.5 Å². The van der Waals surface area contributed by atoms with Crippen molar-refractivity contribution in [1.29, 1.82) is 5.26 Å². The lowest BCUT2D eigenvalue weighted by Gasteiger charge is -2.13. The van der Waals surface area contributed by atoms with Crippen molar-refractivity contribution in [2.75, 3.05) is 11.4 Å². The highest BCUT2D eigenvalue weighted by Crippen LogP contribution is 2.33. The zero-order valence-electron chi connectivity index (χ0n) is 15.7. The summed E-state index contributed by atoms with van der Waals surface area (Å²) in [5, 5.41) is 24.1. The Bertz CT molecular complexity index is 1150. The highest BCUT2D eigenvalue weighted by atomic mass is 19.2. The van der Waals surface area contributed by atoms with Crippen LogP contribution in [0.3, 0.4) is 0 Å². The van der Waals surface area contributed by atoms with Crippen LogP contribution in [0.1, 0.15) is 11.1 Å². The van der Waals surface area contributed by atoms with E-state index in [4.69, 9.17) is 0 Å². The topological polar surface area (TPSA) is 98.6 Å². The van der Waals surface area contributed by atoms with Crippen LogP contribution in [0.5, 0.6) is 0 Å². The molecule has 0 bridgehead atoms. The zero-order chi connectivity index (χ0) is 21.4. The minimum atomic E-state index is -1.57. The third kappa shape index (κ3) is 3.39. The molecule has 0 spiro atoms. The maximum Gasteiger partial charge on any atom is 0.233 e. The van der Waals surface area contributed by atoms with Gasteiger partial charge in [-0.15, -0.1) is 0 Å². The van der Waals surface area contributed by atoms with E-state index in [0.717, 1.165) is 23.3 Å². The molecule has 30 heavy (non-hydrogen) atoms. The Labute approximate surface area is 169 Å². The van der Waals surface area contributed by atoms with E-state index >= 15 is 0 Å². The van der Waals surface area contributed by atoms with E-state index < -0.39 is 35.2 Å². The summed E-state index contributed by atoms with van der Waals surface area (Å²) in [7, 11) is 0. The summed E-state index contributed by atoms with van der Waals surface area (Å²) >= 11 is 0. The SMILES string of the molecule is Cc1cnncc1-c1cc(N2CC(C#N)C(Cc3cc(F)c(F)c(F)c3)C2=O)n[nH]1. The molecule has 1 N–H and O–H groups in total. The van der Waals surface area contributed by atoms with E-state index in [1.54, 1.807) is 18.5 Å². The van der Waals surface area contributed by atoms with Crippen molar-refractivity contribution in [2.45, 2.75) is 13.3 Å². The number of nitrogens with one attached hydrogen (secondary N) is 1. The number of halogens is 3. The second-order valence-electron chi connectivity index (χ2n) is 7.09. The van der Waals surface area contributed by atoms with E-state index in [9.17, 15) is 23.2 Å². The number of nitrogens with zero attached hydrogens (tertiary/aromatic N) is 5. The first-order valence-corrected chi connectivity index (χ1v) is 9.06. The van der Waals surface area contributed by atoms with Gasteiger partial charge in [0.25, 0.3) is 0 Å². The maximum absolute atomic E-state index is 13.5. The molecule has 1 fully saturated rings. The summed E-state index contributed by atoms with van der Waals surface area (Å²) in [4.78, 5) is 14.3. The van der Waals surface area contributed by atoms with Crippen LogP contribution in [0.25, 0.3) is 11.3 Å². The fraction of sp³-hybridized carbons (Fsp3) is 0.250. The lowest BCUT2D eigenvalue weighted by molar-refractivity contribution is -0.120. The Morgan fingerprint density at radius 1 is 1.20 bits per heavy atom. The molecule has 1 aliphatic rings. The molecule has 1 aliphatic heterocycles. The molecule has 4 rings (SSSR count). The first-order chi connectivity index (χ1) is 14.4. The number of rotatable bonds is 4. The Morgan fingerprint density at radius 3 is 2.57 bits per heavy atom. The van der Waals surface area contributed by atoms with Gasteiger partial charge in [-0.3, -0.25) is 14.8 Å². The standard InChI is InChI=1S/C20H15F3N6O/c1-10-7-25-26-8-14(10)17-5-18(28-27-17)29-9-12(6-24)13(20(29)30)2-11-3-15(21)19(23)16(22)4-11/h3-5,7-8,12-13H,2,9H2,1H3,(H,27,28). The number of anilines is 1. The number of carbonyl (C=O) groups is 1. The number of aryl methyl sites for hydroxylation is 1. The van der Waals surface area contributed by atoms with Crippen LogP contribution >= 0.6 is 0 Å². The van der Waals surface area contributed by atoms with Crippen LogP contribution in [0.2, 0.25) is 0 Å². The van der Waals surface area contributed by atoms with Crippen molar-refractivity contribution in [3.8, 4) is 17.3 Å². The van der Waals surface area contributed by atoms with Gasteiger partial charge in [-0.2, -0.15) is 20.6 Å². The third-order valence-electron chi connectivity index (χ3n) is 5.17. The van der Waals surface area contributed by atoms with Crippen LogP contribution in [-0.2, 0) is 11.2 Å². The molecule has 3 aromatic rings. The number of hydrogen-bond acceptors (Lipinski definition) is 5. The number of benzene rings is 1. The largest absolute Gasteiger partial charge is 0.294 e. The summed E-state index contributed by atoms with van der Waals surface area (Å²) in [6.07, 6.45) is 3.07. The van der Waals surface area contributed by atoms with Gasteiger partial charge in [-0.25, -0.2) is 13.2 Å². The van der Waals surface area contributed by atoms with E-state index in [1.807, 2.05) is 6.92 Å². The zero-order valence-corrected chi connectivity index (χ0v) is 15.7. The van der Waals surface area contributed by atoms with Crippen LogP contribution in [-0.4, -0.2) is 32.8 Å². The fourth-order valence-corrected chi connectivity index (χ4v) is 3.58. The van der Waals surface area contributed by atoms with Crippen molar-refractivity contribution >= 4 is 11.7 Å². The minimum Gasteiger partial charge on any atom is -0.294 e. The number of aromatic nitrogens is 4. The number of aromatic amines is 1. The molecule has 1 saturated heterocycles. The average Bonchev–Trinajstić information content (AvgIpc) is 3.32. The van der Waals surface area contributed by atoms with Crippen LogP contribution < -0.4 is 4.90 Å². The summed E-state index contributed by atoms with van der Waals surface area (Å²) in [6.45, 7) is 1.94. The Morgan fingerprint density at radius 2 is 1.90 bits per heavy atom. The normalized spacial score (nSPS) is 18.6. The second kappa shape index (κ2) is 7.59. The van der Waals surface area contributed by atoms with Gasteiger partial charge in [0, 0.05) is 18.2 Å². The molecule has 1 aromatic carbocycles. The molecule has 10 heteroatoms. The third-order valence-corrected chi connectivity index (χ3v) is 5.17. The molecule has 0 radical (unpaired) electrons. The summed E-state index contributed by atoms with van der Waals surface area (Å²) in [5.74, 6) is -5.85. The van der Waals surface area contributed by atoms with Gasteiger partial charge in [0.2, 0.25) is 5.91 Å². The maximum atomic E-state index is 13.5. The first kappa shape index (κ1) is 19.6. The number of nitriles is 1. The molecule has 152 valence electrons. The smallest absolute Gasteiger partial charge is 0.233 e.